The number of pyridine rings is 1. The van der Waals surface area contributed by atoms with Gasteiger partial charge in [-0.25, -0.2) is 0 Å². The molecule has 3 N–H and O–H groups in total. The Bertz CT molecular complexity index is 1880. The number of halogens is 1. The van der Waals surface area contributed by atoms with Crippen LogP contribution in [-0.4, -0.2) is 61.2 Å². The van der Waals surface area contributed by atoms with E-state index in [0.29, 0.717) is 29.8 Å². The highest BCUT2D eigenvalue weighted by molar-refractivity contribution is 7.99. The number of anilines is 1. The molecule has 1 aliphatic heterocycles. The number of allylic oxidation sites excluding steroid dienone is 1. The van der Waals surface area contributed by atoms with E-state index in [1.54, 1.807) is 14.2 Å². The van der Waals surface area contributed by atoms with Crippen molar-refractivity contribution < 1.29 is 14.3 Å². The van der Waals surface area contributed by atoms with Crippen molar-refractivity contribution >= 4 is 45.9 Å². The maximum absolute atomic E-state index is 12.7. The molecule has 7 nitrogen and oxygen atoms in total. The fraction of sp³-hybridized carbons (Fsp3) is 0.415. The molecule has 3 aromatic carbocycles. The molecule has 2 heterocycles. The van der Waals surface area contributed by atoms with Crippen molar-refractivity contribution in [3.8, 4) is 11.5 Å². The molecule has 2 aliphatic carbocycles. The average molecular weight is 711 g/mol. The molecule has 3 aliphatic rings. The molecule has 1 unspecified atom stereocenters. The summed E-state index contributed by atoms with van der Waals surface area (Å²) in [6.07, 6.45) is 8.93. The number of hydrogen-bond donors (Lipinski definition) is 2. The summed E-state index contributed by atoms with van der Waals surface area (Å²) in [6, 6.07) is 21.0. The van der Waals surface area contributed by atoms with Crippen LogP contribution in [0.2, 0.25) is 5.02 Å². The van der Waals surface area contributed by atoms with E-state index in [2.05, 4.69) is 58.8 Å². The van der Waals surface area contributed by atoms with Gasteiger partial charge >= 0.3 is 0 Å². The van der Waals surface area contributed by atoms with Gasteiger partial charge in [0, 0.05) is 52.6 Å². The number of thioether (sulfide) groups is 1. The Morgan fingerprint density at radius 3 is 2.70 bits per heavy atom. The minimum absolute atomic E-state index is 0.138. The van der Waals surface area contributed by atoms with Crippen molar-refractivity contribution in [2.75, 3.05) is 51.1 Å². The van der Waals surface area contributed by atoms with Gasteiger partial charge in [0.1, 0.15) is 0 Å². The monoisotopic (exact) mass is 710 g/mol. The number of carbonyl (C=O) groups excluding carboxylic acids is 1. The highest BCUT2D eigenvalue weighted by Gasteiger charge is 2.34. The Balaban J connectivity index is 0.854. The first-order valence-electron chi connectivity index (χ1n) is 17.9. The smallest absolute Gasteiger partial charge is 0.220 e. The molecule has 4 aromatic rings. The zero-order valence-electron chi connectivity index (χ0n) is 29.1. The lowest BCUT2D eigenvalue weighted by atomic mass is 9.70. The van der Waals surface area contributed by atoms with Gasteiger partial charge in [-0.15, -0.1) is 0 Å². The normalized spacial score (nSPS) is 19.7. The summed E-state index contributed by atoms with van der Waals surface area (Å²) in [5, 5.41) is 4.85. The molecule has 7 rings (SSSR count). The van der Waals surface area contributed by atoms with Gasteiger partial charge in [0.15, 0.2) is 11.5 Å². The number of ether oxygens (including phenoxy) is 2. The number of nitrogen functional groups attached to an aromatic ring is 1. The predicted octanol–water partition coefficient (Wildman–Crippen LogP) is 8.13. The summed E-state index contributed by atoms with van der Waals surface area (Å²) >= 11 is 8.11. The Kier molecular flexibility index (Phi) is 10.9. The van der Waals surface area contributed by atoms with Gasteiger partial charge in [-0.05, 0) is 110 Å². The largest absolute Gasteiger partial charge is 0.493 e. The number of methoxy groups -OCH3 is 2. The van der Waals surface area contributed by atoms with Gasteiger partial charge in [0.25, 0.3) is 0 Å². The van der Waals surface area contributed by atoms with Crippen molar-refractivity contribution in [2.45, 2.75) is 56.9 Å². The number of amides is 1. The summed E-state index contributed by atoms with van der Waals surface area (Å²) in [7, 11) is 3.40. The molecule has 2 bridgehead atoms. The highest BCUT2D eigenvalue weighted by Crippen LogP contribution is 2.47. The van der Waals surface area contributed by atoms with Crippen molar-refractivity contribution in [1.82, 2.24) is 15.2 Å². The molecule has 0 saturated heterocycles. The third-order valence-electron chi connectivity index (χ3n) is 10.6. The second kappa shape index (κ2) is 15.7. The van der Waals surface area contributed by atoms with E-state index in [1.165, 1.54) is 27.8 Å². The number of aromatic nitrogens is 1. The molecule has 50 heavy (non-hydrogen) atoms. The first-order valence-corrected chi connectivity index (χ1v) is 19.4. The third-order valence-corrected chi connectivity index (χ3v) is 11.9. The van der Waals surface area contributed by atoms with Crippen LogP contribution in [0.4, 0.5) is 5.69 Å². The molecule has 0 fully saturated rings. The first-order chi connectivity index (χ1) is 24.4. The number of hydrogen-bond acceptors (Lipinski definition) is 7. The van der Waals surface area contributed by atoms with Crippen molar-refractivity contribution in [2.24, 2.45) is 5.92 Å². The van der Waals surface area contributed by atoms with Crippen LogP contribution in [0.3, 0.4) is 0 Å². The lowest BCUT2D eigenvalue weighted by molar-refractivity contribution is -0.120. The number of carbonyl (C=O) groups is 1. The minimum Gasteiger partial charge on any atom is -0.493 e. The van der Waals surface area contributed by atoms with E-state index >= 15 is 0 Å². The average Bonchev–Trinajstić information content (AvgIpc) is 3.12. The summed E-state index contributed by atoms with van der Waals surface area (Å²) in [6.45, 7) is 2.68. The standard InChI is InChI=1S/C41H47ClN4O3S/c1-48-36-23-29-12-16-46(41(28-7-4-3-5-8-28)33(29)25-37(36)49-2)15-6-17-50-18-13-38(47)44-14-11-26-19-27-21-30(20-26)39-35(22-27)45-34-24-31(42)9-10-32(34)40(39)43/h3-5,7-10,19,23-25,27,30,41H,6,11-18,20-22H2,1-2H3,(H2,43,45)(H,44,47)/t27-,30-,41?/m0/s1. The molecule has 9 heteroatoms. The number of fused-ring (bicyclic) bond motifs is 6. The van der Waals surface area contributed by atoms with Crippen molar-refractivity contribution in [1.29, 1.82) is 0 Å². The van der Waals surface area contributed by atoms with E-state index in [1.807, 2.05) is 30.0 Å². The second-order valence-corrected chi connectivity index (χ2v) is 15.5. The van der Waals surface area contributed by atoms with Gasteiger partial charge in [-0.1, -0.05) is 53.6 Å². The van der Waals surface area contributed by atoms with Crippen LogP contribution in [0.15, 0.2) is 72.3 Å². The minimum atomic E-state index is 0.138. The van der Waals surface area contributed by atoms with Crippen LogP contribution in [0, 0.1) is 5.92 Å². The first kappa shape index (κ1) is 34.7. The Hall–Kier alpha value is -3.72. The van der Waals surface area contributed by atoms with Crippen LogP contribution in [0.1, 0.15) is 72.0 Å². The van der Waals surface area contributed by atoms with Crippen molar-refractivity contribution in [3.05, 3.63) is 105 Å². The SMILES string of the molecule is COc1cc2c(cc1OC)C(c1ccccc1)N(CCCSCCC(=O)NCCC1=C[C@@H]3Cc4nc5cc(Cl)ccc5c(N)c4[C@@H](C1)C3)CC2. The summed E-state index contributed by atoms with van der Waals surface area (Å²) in [5.74, 6) is 4.42. The third kappa shape index (κ3) is 7.48. The molecular formula is C41H47ClN4O3S. The van der Waals surface area contributed by atoms with Crippen LogP contribution in [-0.2, 0) is 17.6 Å². The Morgan fingerprint density at radius 2 is 1.88 bits per heavy atom. The zero-order chi connectivity index (χ0) is 34.6. The lowest BCUT2D eigenvalue weighted by Crippen LogP contribution is -2.37. The number of nitrogens with two attached hydrogens (primary N) is 1. The van der Waals surface area contributed by atoms with Crippen LogP contribution in [0.5, 0.6) is 11.5 Å². The number of rotatable bonds is 13. The van der Waals surface area contributed by atoms with Crippen LogP contribution >= 0.6 is 23.4 Å². The number of nitrogens with zero attached hydrogens (tertiary/aromatic N) is 2. The second-order valence-electron chi connectivity index (χ2n) is 13.8. The molecule has 262 valence electrons. The number of benzene rings is 3. The van der Waals surface area contributed by atoms with E-state index in [0.717, 1.165) is 96.9 Å². The summed E-state index contributed by atoms with van der Waals surface area (Å²) in [5.41, 5.74) is 16.1. The summed E-state index contributed by atoms with van der Waals surface area (Å²) < 4.78 is 11.3. The number of nitrogens with one attached hydrogen (secondary N) is 1. The van der Waals surface area contributed by atoms with E-state index < -0.39 is 0 Å². The molecule has 0 radical (unpaired) electrons. The van der Waals surface area contributed by atoms with Gasteiger partial charge in [-0.2, -0.15) is 11.8 Å². The maximum atomic E-state index is 12.7. The topological polar surface area (TPSA) is 89.7 Å². The fourth-order valence-corrected chi connectivity index (χ4v) is 9.36. The predicted molar refractivity (Wildman–Crippen MR) is 206 cm³/mol. The molecule has 0 spiro atoms. The molecule has 1 amide bonds. The van der Waals surface area contributed by atoms with Gasteiger partial charge in [0.2, 0.25) is 5.91 Å². The van der Waals surface area contributed by atoms with E-state index in [4.69, 9.17) is 31.8 Å². The molecule has 0 saturated carbocycles. The Labute approximate surface area is 305 Å². The van der Waals surface area contributed by atoms with Crippen LogP contribution in [0.25, 0.3) is 10.9 Å². The van der Waals surface area contributed by atoms with Crippen molar-refractivity contribution in [3.63, 3.8) is 0 Å². The fourth-order valence-electron chi connectivity index (χ4n) is 8.32. The molecular weight excluding hydrogens is 664 g/mol. The van der Waals surface area contributed by atoms with Gasteiger partial charge in [0.05, 0.1) is 25.8 Å². The van der Waals surface area contributed by atoms with Gasteiger partial charge in [-0.3, -0.25) is 14.7 Å². The van der Waals surface area contributed by atoms with E-state index in [9.17, 15) is 4.79 Å². The van der Waals surface area contributed by atoms with Gasteiger partial charge < -0.3 is 20.5 Å². The highest BCUT2D eigenvalue weighted by atomic mass is 35.5. The molecule has 3 atom stereocenters. The lowest BCUT2D eigenvalue weighted by Gasteiger charge is -2.38. The summed E-state index contributed by atoms with van der Waals surface area (Å²) in [4.78, 5) is 20.3. The quantitative estimate of drug-likeness (QED) is 0.107. The maximum Gasteiger partial charge on any atom is 0.220 e. The zero-order valence-corrected chi connectivity index (χ0v) is 30.6. The molecule has 1 aromatic heterocycles. The van der Waals surface area contributed by atoms with E-state index in [-0.39, 0.29) is 11.9 Å². The Morgan fingerprint density at radius 1 is 1.06 bits per heavy atom. The van der Waals surface area contributed by atoms with Crippen LogP contribution < -0.4 is 20.5 Å².